The van der Waals surface area contributed by atoms with Gasteiger partial charge in [-0.2, -0.15) is 12.6 Å². The first-order valence-electron chi connectivity index (χ1n) is 3.76. The summed E-state index contributed by atoms with van der Waals surface area (Å²) in [6.07, 6.45) is 0. The Balaban J connectivity index is 2.63. The summed E-state index contributed by atoms with van der Waals surface area (Å²) in [7, 11) is 2.05. The minimum atomic E-state index is 0.784. The molecule has 0 aliphatic heterocycles. The molecule has 0 amide bonds. The van der Waals surface area contributed by atoms with Crippen LogP contribution in [0.3, 0.4) is 0 Å². The first-order valence-corrected chi connectivity index (χ1v) is 5.19. The Hall–Kier alpha value is 0.01000. The summed E-state index contributed by atoms with van der Waals surface area (Å²) in [5.41, 5.74) is 1.31. The van der Waals surface area contributed by atoms with Crippen LogP contribution in [0.1, 0.15) is 5.56 Å². The smallest absolute Gasteiger partial charge is 0.0414 e. The molecule has 0 spiro atoms. The van der Waals surface area contributed by atoms with Gasteiger partial charge in [-0.25, -0.2) is 0 Å². The molecule has 12 heavy (non-hydrogen) atoms. The van der Waals surface area contributed by atoms with Gasteiger partial charge in [0.1, 0.15) is 0 Å². The molecule has 0 aliphatic rings. The van der Waals surface area contributed by atoms with E-state index in [-0.39, 0.29) is 0 Å². The van der Waals surface area contributed by atoms with Gasteiger partial charge in [-0.1, -0.05) is 28.1 Å². The highest BCUT2D eigenvalue weighted by atomic mass is 79.9. The monoisotopic (exact) mass is 245 g/mol. The highest BCUT2D eigenvalue weighted by Crippen LogP contribution is 2.12. The number of rotatable bonds is 3. The molecule has 0 N–H and O–H groups in total. The lowest BCUT2D eigenvalue weighted by Gasteiger charge is -2.12. The Bertz CT molecular complexity index is 252. The average Bonchev–Trinajstić information content (AvgIpc) is 2.04. The number of nitrogens with zero attached hydrogens (tertiary/aromatic N) is 1. The molecule has 1 aromatic rings. The van der Waals surface area contributed by atoms with E-state index in [1.807, 2.05) is 19.2 Å². The van der Waals surface area contributed by atoms with Crippen molar-refractivity contribution in [1.29, 1.82) is 0 Å². The highest BCUT2D eigenvalue weighted by Gasteiger charge is 1.97. The Morgan fingerprint density at radius 3 is 2.83 bits per heavy atom. The molecule has 66 valence electrons. The van der Waals surface area contributed by atoms with Crippen molar-refractivity contribution >= 4 is 28.6 Å². The number of hydrogen-bond donors (Lipinski definition) is 1. The van der Waals surface area contributed by atoms with Gasteiger partial charge in [-0.3, -0.25) is 4.90 Å². The third-order valence-corrected chi connectivity index (χ3v) is 2.56. The van der Waals surface area contributed by atoms with E-state index in [1.165, 1.54) is 5.56 Å². The van der Waals surface area contributed by atoms with Gasteiger partial charge in [0.15, 0.2) is 0 Å². The van der Waals surface area contributed by atoms with Gasteiger partial charge >= 0.3 is 0 Å². The van der Waals surface area contributed by atoms with E-state index < -0.39 is 0 Å². The molecule has 0 fully saturated rings. The molecule has 0 aromatic heterocycles. The molecule has 0 saturated heterocycles. The van der Waals surface area contributed by atoms with Gasteiger partial charge in [-0.05, 0) is 24.7 Å². The van der Waals surface area contributed by atoms with Crippen molar-refractivity contribution in [3.05, 3.63) is 34.3 Å². The first kappa shape index (κ1) is 10.1. The lowest BCUT2D eigenvalue weighted by molar-refractivity contribution is 0.387. The van der Waals surface area contributed by atoms with Gasteiger partial charge in [0, 0.05) is 16.9 Å². The highest BCUT2D eigenvalue weighted by molar-refractivity contribution is 9.10. The summed E-state index contributed by atoms with van der Waals surface area (Å²) in [6, 6.07) is 8.32. The molecule has 0 unspecified atom stereocenters. The molecule has 0 heterocycles. The van der Waals surface area contributed by atoms with Crippen molar-refractivity contribution in [2.45, 2.75) is 6.54 Å². The number of hydrogen-bond acceptors (Lipinski definition) is 2. The van der Waals surface area contributed by atoms with Crippen LogP contribution >= 0.6 is 28.6 Å². The zero-order valence-corrected chi connectivity index (χ0v) is 9.48. The molecule has 0 atom stereocenters. The molecule has 1 nitrogen and oxygen atoms in total. The molecule has 1 rings (SSSR count). The van der Waals surface area contributed by atoms with Crippen LogP contribution in [0.2, 0.25) is 0 Å². The van der Waals surface area contributed by atoms with Crippen molar-refractivity contribution in [1.82, 2.24) is 4.90 Å². The maximum absolute atomic E-state index is 4.19. The molecule has 0 saturated carbocycles. The number of thiol groups is 1. The fourth-order valence-corrected chi connectivity index (χ4v) is 1.54. The van der Waals surface area contributed by atoms with Crippen molar-refractivity contribution < 1.29 is 0 Å². The second-order valence-electron chi connectivity index (χ2n) is 2.79. The fourth-order valence-electron chi connectivity index (χ4n) is 0.997. The zero-order valence-electron chi connectivity index (χ0n) is 7.00. The van der Waals surface area contributed by atoms with Crippen LogP contribution < -0.4 is 0 Å². The quantitative estimate of drug-likeness (QED) is 0.634. The normalized spacial score (nSPS) is 10.7. The van der Waals surface area contributed by atoms with Gasteiger partial charge in [0.25, 0.3) is 0 Å². The Morgan fingerprint density at radius 1 is 1.50 bits per heavy atom. The predicted molar refractivity (Wildman–Crippen MR) is 59.5 cm³/mol. The molecular weight excluding hydrogens is 234 g/mol. The molecule has 0 aliphatic carbocycles. The zero-order chi connectivity index (χ0) is 8.97. The Labute approximate surface area is 87.3 Å². The van der Waals surface area contributed by atoms with E-state index in [0.29, 0.717) is 0 Å². The molecule has 0 bridgehead atoms. The summed E-state index contributed by atoms with van der Waals surface area (Å²) >= 11 is 7.62. The van der Waals surface area contributed by atoms with Crippen LogP contribution in [-0.4, -0.2) is 17.8 Å². The lowest BCUT2D eigenvalue weighted by atomic mass is 10.2. The topological polar surface area (TPSA) is 3.24 Å². The lowest BCUT2D eigenvalue weighted by Crippen LogP contribution is -2.15. The summed E-state index contributed by atoms with van der Waals surface area (Å²) in [4.78, 5) is 2.14. The maximum Gasteiger partial charge on any atom is 0.0414 e. The van der Waals surface area contributed by atoms with E-state index in [9.17, 15) is 0 Å². The van der Waals surface area contributed by atoms with Crippen LogP contribution in [0.4, 0.5) is 0 Å². The van der Waals surface area contributed by atoms with E-state index >= 15 is 0 Å². The third-order valence-electron chi connectivity index (χ3n) is 1.58. The van der Waals surface area contributed by atoms with Crippen LogP contribution in [0.25, 0.3) is 0 Å². The number of halogens is 1. The van der Waals surface area contributed by atoms with E-state index in [2.05, 4.69) is 45.6 Å². The molecule has 1 aromatic carbocycles. The van der Waals surface area contributed by atoms with Crippen molar-refractivity contribution in [3.63, 3.8) is 0 Å². The minimum Gasteiger partial charge on any atom is -0.293 e. The van der Waals surface area contributed by atoms with Gasteiger partial charge in [-0.15, -0.1) is 0 Å². The Kier molecular flexibility index (Phi) is 4.12. The van der Waals surface area contributed by atoms with Crippen molar-refractivity contribution in [2.75, 3.05) is 12.9 Å². The van der Waals surface area contributed by atoms with Gasteiger partial charge in [0.05, 0.1) is 0 Å². The largest absolute Gasteiger partial charge is 0.293 e. The van der Waals surface area contributed by atoms with Crippen LogP contribution in [-0.2, 0) is 6.54 Å². The van der Waals surface area contributed by atoms with Crippen LogP contribution in [0.15, 0.2) is 28.7 Å². The summed E-state index contributed by atoms with van der Waals surface area (Å²) in [6.45, 7) is 0.947. The van der Waals surface area contributed by atoms with Crippen LogP contribution in [0.5, 0.6) is 0 Å². The van der Waals surface area contributed by atoms with E-state index in [4.69, 9.17) is 0 Å². The summed E-state index contributed by atoms with van der Waals surface area (Å²) < 4.78 is 1.13. The second kappa shape index (κ2) is 4.90. The van der Waals surface area contributed by atoms with Crippen molar-refractivity contribution in [3.8, 4) is 0 Å². The number of benzene rings is 1. The minimum absolute atomic E-state index is 0.784. The second-order valence-corrected chi connectivity index (χ2v) is 3.98. The average molecular weight is 246 g/mol. The predicted octanol–water partition coefficient (Wildman–Crippen LogP) is 2.77. The maximum atomic E-state index is 4.19. The third kappa shape index (κ3) is 3.17. The summed E-state index contributed by atoms with van der Waals surface area (Å²) in [5.74, 6) is 0.784. The van der Waals surface area contributed by atoms with Crippen LogP contribution in [0, 0.1) is 0 Å². The standard InChI is InChI=1S/C9H12BrNS/c1-11(7-12)6-8-3-2-4-9(10)5-8/h2-5,12H,6-7H2,1H3. The van der Waals surface area contributed by atoms with Crippen molar-refractivity contribution in [2.24, 2.45) is 0 Å². The molecule has 0 radical (unpaired) electrons. The fraction of sp³-hybridized carbons (Fsp3) is 0.333. The van der Waals surface area contributed by atoms with E-state index in [0.717, 1.165) is 16.9 Å². The van der Waals surface area contributed by atoms with E-state index in [1.54, 1.807) is 0 Å². The van der Waals surface area contributed by atoms with Gasteiger partial charge < -0.3 is 0 Å². The Morgan fingerprint density at radius 2 is 2.25 bits per heavy atom. The van der Waals surface area contributed by atoms with Gasteiger partial charge in [0.2, 0.25) is 0 Å². The first-order chi connectivity index (χ1) is 5.72. The molecule has 3 heteroatoms. The molecular formula is C9H12BrNS. The summed E-state index contributed by atoms with van der Waals surface area (Å²) in [5, 5.41) is 0. The SMILES string of the molecule is CN(CS)Cc1cccc(Br)c1.